The van der Waals surface area contributed by atoms with E-state index in [1.807, 2.05) is 60.9 Å². The first-order chi connectivity index (χ1) is 19.1. The Balaban J connectivity index is 1.70. The van der Waals surface area contributed by atoms with Crippen molar-refractivity contribution in [3.05, 3.63) is 61.2 Å². The Kier molecular flexibility index (Phi) is 9.51. The molecule has 4 rings (SSSR count). The average Bonchev–Trinajstić information content (AvgIpc) is 3.56. The van der Waals surface area contributed by atoms with Gasteiger partial charge in [-0.3, -0.25) is 14.4 Å². The molecule has 2 bridgehead atoms. The molecule has 5 atom stereocenters. The van der Waals surface area contributed by atoms with Crippen LogP contribution < -0.4 is 0 Å². The second-order valence-corrected chi connectivity index (χ2v) is 13.9. The van der Waals surface area contributed by atoms with E-state index in [1.165, 1.54) is 0 Å². The summed E-state index contributed by atoms with van der Waals surface area (Å²) in [5, 5.41) is 9.29. The monoisotopic (exact) mass is 567 g/mol. The number of rotatable bonds is 13. The highest BCUT2D eigenvalue weighted by atomic mass is 32.2. The number of nitrogens with zero attached hydrogens (tertiary/aromatic N) is 3. The zero-order valence-corrected chi connectivity index (χ0v) is 25.1. The summed E-state index contributed by atoms with van der Waals surface area (Å²) in [6.07, 6.45) is 7.19. The van der Waals surface area contributed by atoms with Crippen LogP contribution in [0.4, 0.5) is 0 Å². The number of hydrogen-bond donors (Lipinski definition) is 1. The van der Waals surface area contributed by atoms with Crippen LogP contribution in [0.5, 0.6) is 0 Å². The van der Waals surface area contributed by atoms with Crippen LogP contribution in [0.25, 0.3) is 0 Å². The molecule has 3 saturated heterocycles. The highest BCUT2D eigenvalue weighted by Gasteiger charge is 2.74. The van der Waals surface area contributed by atoms with Crippen LogP contribution in [0.15, 0.2) is 55.6 Å². The molecule has 40 heavy (non-hydrogen) atoms. The van der Waals surface area contributed by atoms with Crippen molar-refractivity contribution in [3.63, 3.8) is 0 Å². The Morgan fingerprint density at radius 2 is 1.80 bits per heavy atom. The van der Waals surface area contributed by atoms with Crippen molar-refractivity contribution in [3.8, 4) is 0 Å². The van der Waals surface area contributed by atoms with Gasteiger partial charge in [-0.2, -0.15) is 0 Å². The minimum absolute atomic E-state index is 0.0128. The van der Waals surface area contributed by atoms with Gasteiger partial charge in [0.2, 0.25) is 17.7 Å². The first kappa shape index (κ1) is 30.4. The number of likely N-dealkylation sites (tertiary alicyclic amines) is 1. The number of aliphatic hydroxyl groups excluding tert-OH is 1. The predicted octanol–water partition coefficient (Wildman–Crippen LogP) is 4.27. The quantitative estimate of drug-likeness (QED) is 0.285. The molecule has 1 aromatic rings. The molecule has 1 N–H and O–H groups in total. The summed E-state index contributed by atoms with van der Waals surface area (Å²) in [6.45, 7) is 15.6. The highest BCUT2D eigenvalue weighted by molar-refractivity contribution is 8.02. The fraction of sp³-hybridized carbons (Fsp3) is 0.594. The third-order valence-electron chi connectivity index (χ3n) is 8.64. The molecular formula is C32H45N3O4S. The van der Waals surface area contributed by atoms with Crippen molar-refractivity contribution < 1.29 is 19.5 Å². The van der Waals surface area contributed by atoms with Crippen molar-refractivity contribution in [2.45, 2.75) is 81.0 Å². The van der Waals surface area contributed by atoms with Gasteiger partial charge in [0.15, 0.2) is 0 Å². The highest BCUT2D eigenvalue weighted by Crippen LogP contribution is 2.66. The molecule has 218 valence electrons. The maximum atomic E-state index is 14.4. The lowest BCUT2D eigenvalue weighted by atomic mass is 9.70. The van der Waals surface area contributed by atoms with Gasteiger partial charge in [-0.05, 0) is 58.4 Å². The molecule has 3 amide bonds. The van der Waals surface area contributed by atoms with E-state index in [0.29, 0.717) is 39.0 Å². The fourth-order valence-electron chi connectivity index (χ4n) is 6.90. The van der Waals surface area contributed by atoms with E-state index in [9.17, 15) is 19.5 Å². The molecule has 1 aromatic carbocycles. The summed E-state index contributed by atoms with van der Waals surface area (Å²) in [4.78, 5) is 48.4. The predicted molar refractivity (Wildman–Crippen MR) is 160 cm³/mol. The van der Waals surface area contributed by atoms with Crippen molar-refractivity contribution in [2.24, 2.45) is 11.8 Å². The lowest BCUT2D eigenvalue weighted by Crippen LogP contribution is -2.58. The fourth-order valence-corrected chi connectivity index (χ4v) is 9.11. The van der Waals surface area contributed by atoms with Gasteiger partial charge in [0.25, 0.3) is 0 Å². The number of amides is 3. The summed E-state index contributed by atoms with van der Waals surface area (Å²) in [6, 6.07) is 9.27. The topological polar surface area (TPSA) is 81.2 Å². The van der Waals surface area contributed by atoms with Gasteiger partial charge in [0, 0.05) is 43.6 Å². The van der Waals surface area contributed by atoms with Crippen LogP contribution in [-0.2, 0) is 20.9 Å². The van der Waals surface area contributed by atoms with Crippen molar-refractivity contribution in [1.29, 1.82) is 0 Å². The van der Waals surface area contributed by atoms with Crippen LogP contribution in [0.2, 0.25) is 0 Å². The molecule has 0 aliphatic carbocycles. The molecule has 3 aliphatic heterocycles. The van der Waals surface area contributed by atoms with Crippen LogP contribution in [-0.4, -0.2) is 85.3 Å². The van der Waals surface area contributed by atoms with Gasteiger partial charge in [-0.15, -0.1) is 24.9 Å². The van der Waals surface area contributed by atoms with Crippen LogP contribution in [0.1, 0.15) is 58.4 Å². The van der Waals surface area contributed by atoms with Gasteiger partial charge in [-0.1, -0.05) is 42.5 Å². The van der Waals surface area contributed by atoms with E-state index in [-0.39, 0.29) is 29.6 Å². The minimum Gasteiger partial charge on any atom is -0.396 e. The van der Waals surface area contributed by atoms with E-state index in [1.54, 1.807) is 28.8 Å². The van der Waals surface area contributed by atoms with Crippen molar-refractivity contribution in [1.82, 2.24) is 14.7 Å². The normalized spacial score (nSPS) is 27.0. The van der Waals surface area contributed by atoms with E-state index in [4.69, 9.17) is 0 Å². The number of hydrogen-bond acceptors (Lipinski definition) is 5. The molecule has 8 heteroatoms. The van der Waals surface area contributed by atoms with Gasteiger partial charge >= 0.3 is 0 Å². The number of carbonyl (C=O) groups excluding carboxylic acids is 3. The van der Waals surface area contributed by atoms with Crippen LogP contribution in [0, 0.1) is 11.8 Å². The number of aliphatic hydroxyl groups is 1. The molecule has 0 saturated carbocycles. The van der Waals surface area contributed by atoms with E-state index in [2.05, 4.69) is 13.2 Å². The number of carbonyl (C=O) groups is 3. The molecule has 3 fully saturated rings. The molecule has 2 unspecified atom stereocenters. The van der Waals surface area contributed by atoms with Gasteiger partial charge in [0.1, 0.15) is 6.04 Å². The SMILES string of the molecule is C=CCN(Cc1ccccc1)C(=O)[C@@H]1[C@@H]2CCC3(S2)C(C(=O)N(CC=C)C(C)(C)C)N(CCCCCO)C(=O)[C@H]13. The van der Waals surface area contributed by atoms with Crippen LogP contribution >= 0.6 is 11.8 Å². The Bertz CT molecular complexity index is 1100. The summed E-state index contributed by atoms with van der Waals surface area (Å²) in [5.74, 6) is -1.13. The van der Waals surface area contributed by atoms with E-state index < -0.39 is 28.2 Å². The van der Waals surface area contributed by atoms with Crippen LogP contribution in [0.3, 0.4) is 0 Å². The Hall–Kier alpha value is -2.58. The molecule has 1 spiro atoms. The molecule has 0 radical (unpaired) electrons. The third-order valence-corrected chi connectivity index (χ3v) is 10.6. The number of fused-ring (bicyclic) bond motifs is 1. The third kappa shape index (κ3) is 5.62. The summed E-state index contributed by atoms with van der Waals surface area (Å²) in [5.41, 5.74) is 0.586. The number of benzene rings is 1. The molecule has 3 heterocycles. The Morgan fingerprint density at radius 3 is 2.42 bits per heavy atom. The largest absolute Gasteiger partial charge is 0.396 e. The number of unbranched alkanes of at least 4 members (excludes halogenated alkanes) is 2. The maximum Gasteiger partial charge on any atom is 0.247 e. The second-order valence-electron chi connectivity index (χ2n) is 12.3. The second kappa shape index (κ2) is 12.5. The van der Waals surface area contributed by atoms with Crippen molar-refractivity contribution >= 4 is 29.5 Å². The van der Waals surface area contributed by atoms with Crippen molar-refractivity contribution in [2.75, 3.05) is 26.2 Å². The van der Waals surface area contributed by atoms with E-state index >= 15 is 0 Å². The first-order valence-electron chi connectivity index (χ1n) is 14.6. The van der Waals surface area contributed by atoms with Gasteiger partial charge in [0.05, 0.1) is 16.6 Å². The minimum atomic E-state index is -0.618. The molecule has 3 aliphatic rings. The molecule has 7 nitrogen and oxygen atoms in total. The van der Waals surface area contributed by atoms with Gasteiger partial charge < -0.3 is 19.8 Å². The Morgan fingerprint density at radius 1 is 1.10 bits per heavy atom. The zero-order valence-electron chi connectivity index (χ0n) is 24.3. The molecule has 0 aromatic heterocycles. The average molecular weight is 568 g/mol. The first-order valence-corrected chi connectivity index (χ1v) is 15.4. The molecular weight excluding hydrogens is 522 g/mol. The smallest absolute Gasteiger partial charge is 0.247 e. The summed E-state index contributed by atoms with van der Waals surface area (Å²) < 4.78 is -0.618. The maximum absolute atomic E-state index is 14.4. The number of thioether (sulfide) groups is 1. The lowest BCUT2D eigenvalue weighted by molar-refractivity contribution is -0.146. The summed E-state index contributed by atoms with van der Waals surface area (Å²) in [7, 11) is 0. The standard InChI is InChI=1S/C32H45N3O4S/c1-6-18-33(22-23-14-10-8-11-15-23)28(37)25-24-16-17-32(40-24)26(25)29(38)34(20-12-9-13-21-36)27(32)30(39)35(19-7-2)31(3,4)5/h6-8,10-11,14-15,24-27,36H,1-2,9,12-13,16-22H2,3-5H3/t24-,25+,26-,27?,32?/m0/s1. The summed E-state index contributed by atoms with van der Waals surface area (Å²) >= 11 is 1.71. The lowest BCUT2D eigenvalue weighted by Gasteiger charge is -2.42. The van der Waals surface area contributed by atoms with E-state index in [0.717, 1.165) is 24.8 Å². The Labute approximate surface area is 243 Å². The zero-order chi connectivity index (χ0) is 29.1. The van der Waals surface area contributed by atoms with Gasteiger partial charge in [-0.25, -0.2) is 0 Å².